The Labute approximate surface area is 361 Å². The Morgan fingerprint density at radius 1 is 0.548 bits per heavy atom. The first-order chi connectivity index (χ1) is 28.8. The summed E-state index contributed by atoms with van der Waals surface area (Å²) in [5.74, 6) is -9.39. The van der Waals surface area contributed by atoms with Gasteiger partial charge in [-0.15, -0.1) is 0 Å². The Balaban J connectivity index is 3.17. The van der Waals surface area contributed by atoms with Crippen LogP contribution in [-0.2, 0) is 49.6 Å². The van der Waals surface area contributed by atoms with Crippen molar-refractivity contribution < 1.29 is 58.5 Å². The fourth-order valence-electron chi connectivity index (χ4n) is 5.66. The zero-order valence-corrected chi connectivity index (χ0v) is 37.0. The van der Waals surface area contributed by atoms with Crippen LogP contribution in [0.5, 0.6) is 0 Å². The standard InChI is InChI=1S/C39H67N11O12/c1-17(2)11-24(45-31(53)21(9)44-38(60)29(19(5)6)49-32(54)22(10)43-37(59)28(40)18(3)4)33(55)46-25(12-23-13-41-16-42-23)34(56)47-26(14-51)35(57)48-27(15-52)36(58)50-30(20(7)8)39(61)62/h13,16-22,24-30,51-52H,11-12,14-15,40H2,1-10H3,(H,41,42)(H,43,59)(H,44,60)(H,45,53)(H,46,55)(H,47,56)(H,48,57)(H,49,54)(H,50,58)(H,61,62)/t21-,22-,24-,25-,26-,27-,28-,29-,30-/m0/s1. The van der Waals surface area contributed by atoms with Gasteiger partial charge in [-0.1, -0.05) is 55.4 Å². The normalized spacial score (nSPS) is 15.8. The zero-order chi connectivity index (χ0) is 47.6. The highest BCUT2D eigenvalue weighted by Crippen LogP contribution is 2.09. The van der Waals surface area contributed by atoms with Crippen molar-refractivity contribution in [2.45, 2.75) is 136 Å². The number of imidazole rings is 1. The number of nitrogens with two attached hydrogens (primary N) is 1. The minimum atomic E-state index is -1.72. The second-order valence-corrected chi connectivity index (χ2v) is 16.5. The zero-order valence-electron chi connectivity index (χ0n) is 37.0. The van der Waals surface area contributed by atoms with Gasteiger partial charge in [-0.05, 0) is 43.9 Å². The number of rotatable bonds is 26. The Hall–Kier alpha value is -5.68. The number of aliphatic hydroxyl groups excluding tert-OH is 2. The smallest absolute Gasteiger partial charge is 0.326 e. The van der Waals surface area contributed by atoms with Crippen molar-refractivity contribution in [3.8, 4) is 0 Å². The average Bonchev–Trinajstić information content (AvgIpc) is 3.71. The minimum Gasteiger partial charge on any atom is -0.480 e. The summed E-state index contributed by atoms with van der Waals surface area (Å²) in [6.07, 6.45) is 2.55. The number of nitrogens with zero attached hydrogens (tertiary/aromatic N) is 1. The van der Waals surface area contributed by atoms with E-state index in [0.717, 1.165) is 0 Å². The van der Waals surface area contributed by atoms with Crippen molar-refractivity contribution >= 4 is 53.2 Å². The van der Waals surface area contributed by atoms with E-state index in [1.807, 2.05) is 0 Å². The second-order valence-electron chi connectivity index (χ2n) is 16.5. The van der Waals surface area contributed by atoms with Crippen LogP contribution in [0.25, 0.3) is 0 Å². The highest BCUT2D eigenvalue weighted by atomic mass is 16.4. The third-order valence-corrected chi connectivity index (χ3v) is 9.59. The SMILES string of the molecule is CC(C)C[C@H](NC(=O)[C@H](C)NC(=O)[C@@H](NC(=O)[C@H](C)NC(=O)[C@@H](N)C(C)C)C(C)C)C(=O)N[C@@H](Cc1cnc[nH]1)C(=O)N[C@@H](CO)C(=O)N[C@@H](CO)C(=O)N[C@H](C(=O)O)C(C)C. The lowest BCUT2D eigenvalue weighted by Crippen LogP contribution is -2.61. The molecule has 0 aromatic carbocycles. The van der Waals surface area contributed by atoms with Crippen LogP contribution in [0, 0.1) is 23.7 Å². The number of hydrogen-bond donors (Lipinski definition) is 13. The number of nitrogens with one attached hydrogen (secondary N) is 9. The van der Waals surface area contributed by atoms with Crippen LogP contribution < -0.4 is 48.3 Å². The predicted molar refractivity (Wildman–Crippen MR) is 223 cm³/mol. The molecule has 1 aromatic heterocycles. The van der Waals surface area contributed by atoms with Gasteiger partial charge in [0.15, 0.2) is 0 Å². The van der Waals surface area contributed by atoms with Crippen LogP contribution >= 0.6 is 0 Å². The summed E-state index contributed by atoms with van der Waals surface area (Å²) in [5.41, 5.74) is 6.24. The Morgan fingerprint density at radius 3 is 1.40 bits per heavy atom. The van der Waals surface area contributed by atoms with E-state index in [9.17, 15) is 58.5 Å². The highest BCUT2D eigenvalue weighted by Gasteiger charge is 2.35. The van der Waals surface area contributed by atoms with Crippen molar-refractivity contribution in [3.63, 3.8) is 0 Å². The van der Waals surface area contributed by atoms with Crippen LogP contribution in [0.3, 0.4) is 0 Å². The molecule has 14 N–H and O–H groups in total. The molecule has 0 saturated carbocycles. The Morgan fingerprint density at radius 2 is 0.968 bits per heavy atom. The molecule has 0 bridgehead atoms. The number of carbonyl (C=O) groups is 9. The van der Waals surface area contributed by atoms with Crippen molar-refractivity contribution in [2.75, 3.05) is 13.2 Å². The molecule has 0 fully saturated rings. The van der Waals surface area contributed by atoms with Gasteiger partial charge in [0.1, 0.15) is 48.3 Å². The van der Waals surface area contributed by atoms with Gasteiger partial charge in [-0.3, -0.25) is 38.4 Å². The molecule has 350 valence electrons. The van der Waals surface area contributed by atoms with Crippen LogP contribution in [0.4, 0.5) is 0 Å². The quantitative estimate of drug-likeness (QED) is 0.0426. The third-order valence-electron chi connectivity index (χ3n) is 9.59. The summed E-state index contributed by atoms with van der Waals surface area (Å²) >= 11 is 0. The van der Waals surface area contributed by atoms with Crippen LogP contribution in [0.2, 0.25) is 0 Å². The maximum Gasteiger partial charge on any atom is 0.326 e. The van der Waals surface area contributed by atoms with Gasteiger partial charge in [0.25, 0.3) is 0 Å². The number of hydrogen-bond acceptors (Lipinski definition) is 13. The molecular weight excluding hydrogens is 814 g/mol. The van der Waals surface area contributed by atoms with Gasteiger partial charge < -0.3 is 68.6 Å². The van der Waals surface area contributed by atoms with E-state index in [-0.39, 0.29) is 24.7 Å². The molecule has 9 atom stereocenters. The Bertz CT molecular complexity index is 1690. The second kappa shape index (κ2) is 25.9. The number of aromatic nitrogens is 2. The molecule has 1 heterocycles. The van der Waals surface area contributed by atoms with E-state index in [1.54, 1.807) is 41.5 Å². The van der Waals surface area contributed by atoms with E-state index in [0.29, 0.717) is 5.69 Å². The van der Waals surface area contributed by atoms with Gasteiger partial charge in [0.05, 0.1) is 25.6 Å². The molecule has 0 saturated heterocycles. The van der Waals surface area contributed by atoms with Crippen molar-refractivity contribution in [3.05, 3.63) is 18.2 Å². The largest absolute Gasteiger partial charge is 0.480 e. The molecule has 0 aliphatic heterocycles. The van der Waals surface area contributed by atoms with E-state index < -0.39 is 133 Å². The molecular formula is C39H67N11O12. The lowest BCUT2D eigenvalue weighted by atomic mass is 10.0. The fourth-order valence-corrected chi connectivity index (χ4v) is 5.66. The first kappa shape index (κ1) is 54.3. The predicted octanol–water partition coefficient (Wildman–Crippen LogP) is -3.72. The number of carboxylic acids is 1. The summed E-state index contributed by atoms with van der Waals surface area (Å²) in [5, 5.41) is 48.7. The highest BCUT2D eigenvalue weighted by molar-refractivity contribution is 5.98. The maximum atomic E-state index is 13.8. The summed E-state index contributed by atoms with van der Waals surface area (Å²) in [6, 6.07) is -11.7. The van der Waals surface area contributed by atoms with Crippen LogP contribution in [-0.4, -0.2) is 146 Å². The summed E-state index contributed by atoms with van der Waals surface area (Å²) < 4.78 is 0. The number of aromatic amines is 1. The molecule has 0 radical (unpaired) electrons. The molecule has 1 rings (SSSR count). The van der Waals surface area contributed by atoms with Gasteiger partial charge in [0.2, 0.25) is 47.3 Å². The first-order valence-electron chi connectivity index (χ1n) is 20.4. The molecule has 0 aliphatic rings. The number of aliphatic carboxylic acids is 1. The number of amides is 8. The maximum absolute atomic E-state index is 13.8. The number of carboxylic acid groups (broad SMARTS) is 1. The molecule has 0 aliphatic carbocycles. The molecule has 23 heteroatoms. The third kappa shape index (κ3) is 17.7. The molecule has 62 heavy (non-hydrogen) atoms. The van der Waals surface area contributed by atoms with E-state index in [1.165, 1.54) is 40.2 Å². The lowest BCUT2D eigenvalue weighted by molar-refractivity contribution is -0.144. The van der Waals surface area contributed by atoms with E-state index >= 15 is 0 Å². The number of carbonyl (C=O) groups excluding carboxylic acids is 8. The summed E-state index contributed by atoms with van der Waals surface area (Å²) in [6.45, 7) is 14.3. The minimum absolute atomic E-state index is 0.0667. The van der Waals surface area contributed by atoms with Crippen molar-refractivity contribution in [2.24, 2.45) is 29.4 Å². The van der Waals surface area contributed by atoms with Gasteiger partial charge in [0, 0.05) is 18.3 Å². The Kier molecular flexibility index (Phi) is 22.7. The van der Waals surface area contributed by atoms with Gasteiger partial charge >= 0.3 is 5.97 Å². The van der Waals surface area contributed by atoms with E-state index in [4.69, 9.17) is 5.73 Å². The lowest BCUT2D eigenvalue weighted by Gasteiger charge is -2.28. The van der Waals surface area contributed by atoms with Gasteiger partial charge in [-0.25, -0.2) is 9.78 Å². The fraction of sp³-hybridized carbons (Fsp3) is 0.692. The topological polar surface area (TPSA) is 365 Å². The molecule has 0 unspecified atom stereocenters. The van der Waals surface area contributed by atoms with Crippen molar-refractivity contribution in [1.82, 2.24) is 52.5 Å². The first-order valence-corrected chi connectivity index (χ1v) is 20.4. The number of aliphatic hydroxyl groups is 2. The van der Waals surface area contributed by atoms with Gasteiger partial charge in [-0.2, -0.15) is 0 Å². The molecule has 1 aromatic rings. The molecule has 8 amide bonds. The van der Waals surface area contributed by atoms with Crippen LogP contribution in [0.1, 0.15) is 81.4 Å². The summed E-state index contributed by atoms with van der Waals surface area (Å²) in [4.78, 5) is 124. The molecule has 23 nitrogen and oxygen atoms in total. The monoisotopic (exact) mass is 881 g/mol. The average molecular weight is 882 g/mol. The summed E-state index contributed by atoms with van der Waals surface area (Å²) in [7, 11) is 0. The van der Waals surface area contributed by atoms with Crippen molar-refractivity contribution in [1.29, 1.82) is 0 Å². The number of H-pyrrole nitrogens is 1. The molecule has 0 spiro atoms. The van der Waals surface area contributed by atoms with E-state index in [2.05, 4.69) is 52.5 Å². The van der Waals surface area contributed by atoms with Crippen LogP contribution in [0.15, 0.2) is 12.5 Å².